The topological polar surface area (TPSA) is 206 Å². The summed E-state index contributed by atoms with van der Waals surface area (Å²) in [6.07, 6.45) is 0. The molecule has 0 atom stereocenters. The van der Waals surface area contributed by atoms with E-state index in [-0.39, 0.29) is 36.2 Å². The predicted molar refractivity (Wildman–Crippen MR) is 268 cm³/mol. The molecule has 6 aromatic rings. The van der Waals surface area contributed by atoms with Crippen LogP contribution in [0.1, 0.15) is 16.7 Å². The maximum absolute atomic E-state index is 12.5. The van der Waals surface area contributed by atoms with Gasteiger partial charge in [-0.3, -0.25) is 4.79 Å². The molecule has 0 spiro atoms. The molecular weight excluding hydrogens is 1040 g/mol. The molecule has 1 amide bonds. The number of nitrogens with two attached hydrogens (primary N) is 1. The Labute approximate surface area is 414 Å². The Hall–Kier alpha value is -3.65. The number of carbonyl (C=O) groups is 1. The molecule has 3 aromatic heterocycles. The normalized spacial score (nSPS) is 11.7. The lowest BCUT2D eigenvalue weighted by atomic mass is 10.4. The van der Waals surface area contributed by atoms with Gasteiger partial charge in [0.25, 0.3) is 0 Å². The summed E-state index contributed by atoms with van der Waals surface area (Å²) in [6, 6.07) is 29.0. The van der Waals surface area contributed by atoms with Gasteiger partial charge in [-0.2, -0.15) is 0 Å². The molecule has 3 N–H and O–H groups in total. The summed E-state index contributed by atoms with van der Waals surface area (Å²) in [6.45, 7) is 8.83. The zero-order chi connectivity index (χ0) is 49.6. The predicted octanol–water partition coefficient (Wildman–Crippen LogP) is 8.25. The number of nitrogens with zero attached hydrogens (tertiary/aromatic N) is 4. The van der Waals surface area contributed by atoms with Crippen LogP contribution in [0.15, 0.2) is 147 Å². The molecule has 0 fully saturated rings. The van der Waals surface area contributed by atoms with Gasteiger partial charge in [0.1, 0.15) is 4.21 Å². The first-order valence-electron chi connectivity index (χ1n) is 18.7. The summed E-state index contributed by atoms with van der Waals surface area (Å²) in [5, 5.41) is 3.41. The second-order valence-electron chi connectivity index (χ2n) is 13.6. The van der Waals surface area contributed by atoms with Crippen LogP contribution in [0, 0.1) is 6.57 Å². The van der Waals surface area contributed by atoms with Gasteiger partial charge in [-0.1, -0.05) is 23.4 Å². The molecule has 0 aliphatic heterocycles. The maximum Gasteiger partial charge on any atom is 0.242 e. The van der Waals surface area contributed by atoms with Gasteiger partial charge in [0, 0.05) is 75.3 Å². The average molecular weight is 1090 g/mol. The van der Waals surface area contributed by atoms with Crippen molar-refractivity contribution >= 4 is 121 Å². The first kappa shape index (κ1) is 56.7. The Bertz CT molecular complexity index is 3040. The minimum Gasteiger partial charge on any atom is -0.351 e. The van der Waals surface area contributed by atoms with Crippen molar-refractivity contribution in [2.75, 3.05) is 42.3 Å². The van der Waals surface area contributed by atoms with E-state index in [9.17, 15) is 38.5 Å². The number of halogens is 1. The number of hydrogen-bond donors (Lipinski definition) is 3. The van der Waals surface area contributed by atoms with Gasteiger partial charge < -0.3 is 11.1 Å². The highest BCUT2D eigenvalue weighted by molar-refractivity contribution is 8.01. The highest BCUT2D eigenvalue weighted by Crippen LogP contribution is 2.34. The van der Waals surface area contributed by atoms with Crippen LogP contribution in [0.4, 0.5) is 5.00 Å². The Balaban J connectivity index is 0.000000249. The standard InChI is InChI=1S/C15H18N2O3S3.C13H16N2O4S3.C8H11NO2S2.C5H2ClNS/c1-11(18)16-10-13-6-9-15(22-13)21-12-4-7-14(8-5-12)23(19,20)17(2)3;1-15(2)22(18,19)12-6-4-11(5-7-12)21(16,17)13-8-3-10(9-14)20-13;1-9(2)13(10,11)8-5-3-7(12)4-6-8;1-7-5-3-2-4(6)8-5/h4-9H,10H2,1-3H3,(H,16,18);3-8H,9,14H2,1-2H3;3-6,12H,1-2H3;2-3H. The van der Waals surface area contributed by atoms with Crippen molar-refractivity contribution in [3.05, 3.63) is 135 Å². The molecular formula is C41H47ClN6O9S9. The lowest BCUT2D eigenvalue weighted by molar-refractivity contribution is -0.119. The molecule has 15 nitrogen and oxygen atoms in total. The number of rotatable bonds is 13. The monoisotopic (exact) mass is 1090 g/mol. The fourth-order valence-electron chi connectivity index (χ4n) is 4.65. The first-order chi connectivity index (χ1) is 30.7. The second-order valence-corrected chi connectivity index (χ2v) is 28.2. The smallest absolute Gasteiger partial charge is 0.242 e. The molecule has 356 valence electrons. The summed E-state index contributed by atoms with van der Waals surface area (Å²) in [7, 11) is -5.05. The quantitative estimate of drug-likeness (QED) is 0.0742. The molecule has 0 bridgehead atoms. The molecule has 3 heterocycles. The largest absolute Gasteiger partial charge is 0.351 e. The van der Waals surface area contributed by atoms with E-state index in [1.165, 1.54) is 112 Å². The third kappa shape index (κ3) is 16.3. The first-order valence-corrected chi connectivity index (χ1v) is 28.6. The molecule has 0 aliphatic carbocycles. The number of sulfonamides is 3. The zero-order valence-electron chi connectivity index (χ0n) is 36.4. The molecule has 0 saturated heterocycles. The van der Waals surface area contributed by atoms with Crippen LogP contribution in [0.3, 0.4) is 0 Å². The third-order valence-corrected chi connectivity index (χ3v) is 20.8. The SMILES string of the molecule is CC(=O)NCc1ccc(Sc2ccc(S(=O)(=O)N(C)C)cc2)s1.CN(C)S(=O)(=O)c1ccc(S(=O)(=O)c2ccc(CN)s2)cc1.CN(C)S(=O)(=O)c1ccc(S)cc1.[C-]#[N+]c1ccc(Cl)s1. The van der Waals surface area contributed by atoms with Crippen molar-refractivity contribution in [2.24, 2.45) is 5.73 Å². The van der Waals surface area contributed by atoms with E-state index in [0.717, 1.165) is 39.4 Å². The number of thiophene rings is 3. The minimum atomic E-state index is -3.66. The van der Waals surface area contributed by atoms with Crippen molar-refractivity contribution < 1.29 is 38.5 Å². The lowest BCUT2D eigenvalue weighted by Gasteiger charge is -2.11. The minimum absolute atomic E-state index is 0.0466. The van der Waals surface area contributed by atoms with Crippen molar-refractivity contribution in [2.45, 2.75) is 57.8 Å². The summed E-state index contributed by atoms with van der Waals surface area (Å²) >= 11 is 15.2. The van der Waals surface area contributed by atoms with Crippen molar-refractivity contribution in [1.29, 1.82) is 0 Å². The molecule has 25 heteroatoms. The van der Waals surface area contributed by atoms with Gasteiger partial charge in [0.2, 0.25) is 50.8 Å². The van der Waals surface area contributed by atoms with Crippen LogP contribution in [0.25, 0.3) is 4.85 Å². The molecule has 6 rings (SSSR count). The number of thiol groups is 1. The van der Waals surface area contributed by atoms with Gasteiger partial charge in [-0.05, 0) is 109 Å². The van der Waals surface area contributed by atoms with E-state index < -0.39 is 39.9 Å². The molecule has 0 radical (unpaired) electrons. The van der Waals surface area contributed by atoms with E-state index in [2.05, 4.69) is 22.8 Å². The van der Waals surface area contributed by atoms with E-state index in [0.29, 0.717) is 15.9 Å². The highest BCUT2D eigenvalue weighted by Gasteiger charge is 2.23. The fourth-order valence-corrected chi connectivity index (χ4v) is 13.1. The Morgan fingerprint density at radius 2 is 1.11 bits per heavy atom. The van der Waals surface area contributed by atoms with Crippen LogP contribution < -0.4 is 11.1 Å². The number of sulfone groups is 1. The van der Waals surface area contributed by atoms with Crippen LogP contribution in [-0.4, -0.2) is 94.8 Å². The molecule has 3 aromatic carbocycles. The van der Waals surface area contributed by atoms with E-state index in [1.807, 2.05) is 12.1 Å². The van der Waals surface area contributed by atoms with Crippen LogP contribution in [0.5, 0.6) is 0 Å². The number of nitrogens with one attached hydrogen (secondary N) is 1. The van der Waals surface area contributed by atoms with Crippen LogP contribution in [0.2, 0.25) is 4.34 Å². The molecule has 0 unspecified atom stereocenters. The van der Waals surface area contributed by atoms with Crippen molar-refractivity contribution in [1.82, 2.24) is 18.2 Å². The summed E-state index contributed by atoms with van der Waals surface area (Å²) < 4.78 is 101. The van der Waals surface area contributed by atoms with Gasteiger partial charge in [-0.15, -0.1) is 46.6 Å². The van der Waals surface area contributed by atoms with Gasteiger partial charge >= 0.3 is 0 Å². The van der Waals surface area contributed by atoms with E-state index in [1.54, 1.807) is 77.7 Å². The Kier molecular flexibility index (Phi) is 21.6. The van der Waals surface area contributed by atoms with Crippen molar-refractivity contribution in [3.63, 3.8) is 0 Å². The summed E-state index contributed by atoms with van der Waals surface area (Å²) in [5.74, 6) is -0.0507. The van der Waals surface area contributed by atoms with Crippen LogP contribution in [-0.2, 0) is 57.8 Å². The Morgan fingerprint density at radius 3 is 1.50 bits per heavy atom. The van der Waals surface area contributed by atoms with Crippen molar-refractivity contribution in [3.8, 4) is 0 Å². The highest BCUT2D eigenvalue weighted by atomic mass is 35.5. The number of hydrogen-bond acceptors (Lipinski definition) is 15. The number of benzene rings is 3. The average Bonchev–Trinajstić information content (AvgIpc) is 4.06. The van der Waals surface area contributed by atoms with Crippen LogP contribution >= 0.6 is 70.0 Å². The Morgan fingerprint density at radius 1 is 0.652 bits per heavy atom. The second kappa shape index (κ2) is 25.1. The molecule has 0 aliphatic rings. The fraction of sp³-hybridized carbons (Fsp3) is 0.220. The van der Waals surface area contributed by atoms with Gasteiger partial charge in [0.05, 0.1) is 41.2 Å². The number of amides is 1. The summed E-state index contributed by atoms with van der Waals surface area (Å²) in [5.41, 5.74) is 5.49. The lowest BCUT2D eigenvalue weighted by Crippen LogP contribution is -2.22. The number of carbonyl (C=O) groups excluding carboxylic acids is 1. The third-order valence-electron chi connectivity index (χ3n) is 8.27. The zero-order valence-corrected chi connectivity index (χ0v) is 44.6. The van der Waals surface area contributed by atoms with E-state index >= 15 is 0 Å². The van der Waals surface area contributed by atoms with Gasteiger partial charge in [0.15, 0.2) is 0 Å². The maximum atomic E-state index is 12.5. The molecule has 66 heavy (non-hydrogen) atoms. The van der Waals surface area contributed by atoms with Gasteiger partial charge in [-0.25, -0.2) is 51.4 Å². The molecule has 0 saturated carbocycles. The summed E-state index contributed by atoms with van der Waals surface area (Å²) in [4.78, 5) is 18.3. The van der Waals surface area contributed by atoms with E-state index in [4.69, 9.17) is 23.9 Å².